The summed E-state index contributed by atoms with van der Waals surface area (Å²) in [6, 6.07) is 18.4. The number of aryl methyl sites for hydroxylation is 1. The van der Waals surface area contributed by atoms with E-state index in [1.807, 2.05) is 43.0 Å². The minimum Gasteiger partial charge on any atom is -0.384 e. The van der Waals surface area contributed by atoms with Crippen molar-refractivity contribution >= 4 is 17.4 Å². The van der Waals surface area contributed by atoms with E-state index in [1.165, 1.54) is 4.90 Å². The Bertz CT molecular complexity index is 573. The fourth-order valence-corrected chi connectivity index (χ4v) is 2.57. The van der Waals surface area contributed by atoms with Crippen molar-refractivity contribution in [1.82, 2.24) is 0 Å². The standard InChI is InChI=1S/C16H16N2S/c1-13-11-15(8-7-14(13)12-17)18-9-10-19-16-5-3-2-4-6-16/h2-8,11,18H,9-10H2,1H3. The minimum atomic E-state index is 0.740. The fourth-order valence-electron chi connectivity index (χ4n) is 1.78. The lowest BCUT2D eigenvalue weighted by molar-refractivity contribution is 1.22. The first kappa shape index (κ1) is 13.5. The summed E-state index contributed by atoms with van der Waals surface area (Å²) in [6.07, 6.45) is 0. The third-order valence-corrected chi connectivity index (χ3v) is 3.80. The average Bonchev–Trinajstić information content (AvgIpc) is 2.45. The number of rotatable bonds is 5. The van der Waals surface area contributed by atoms with Crippen molar-refractivity contribution in [2.45, 2.75) is 11.8 Å². The van der Waals surface area contributed by atoms with Crippen LogP contribution < -0.4 is 5.32 Å². The smallest absolute Gasteiger partial charge is 0.0994 e. The van der Waals surface area contributed by atoms with E-state index in [0.717, 1.165) is 29.1 Å². The molecule has 19 heavy (non-hydrogen) atoms. The first-order chi connectivity index (χ1) is 9.29. The Morgan fingerprint density at radius 1 is 1.16 bits per heavy atom. The molecule has 0 saturated heterocycles. The summed E-state index contributed by atoms with van der Waals surface area (Å²) in [7, 11) is 0. The van der Waals surface area contributed by atoms with Crippen molar-refractivity contribution in [3.63, 3.8) is 0 Å². The number of benzene rings is 2. The van der Waals surface area contributed by atoms with Crippen molar-refractivity contribution in [3.05, 3.63) is 59.7 Å². The molecule has 2 nitrogen and oxygen atoms in total. The van der Waals surface area contributed by atoms with Crippen LogP contribution in [-0.2, 0) is 0 Å². The van der Waals surface area contributed by atoms with Crippen LogP contribution in [0.15, 0.2) is 53.4 Å². The molecule has 0 amide bonds. The van der Waals surface area contributed by atoms with Gasteiger partial charge in [0, 0.05) is 22.9 Å². The van der Waals surface area contributed by atoms with Gasteiger partial charge in [-0.05, 0) is 42.8 Å². The molecule has 2 rings (SSSR count). The summed E-state index contributed by atoms with van der Waals surface area (Å²) in [5, 5.41) is 12.3. The molecule has 0 aromatic heterocycles. The summed E-state index contributed by atoms with van der Waals surface area (Å²) in [6.45, 7) is 2.87. The van der Waals surface area contributed by atoms with Gasteiger partial charge in [-0.15, -0.1) is 11.8 Å². The Kier molecular flexibility index (Phi) is 4.88. The average molecular weight is 268 g/mol. The van der Waals surface area contributed by atoms with E-state index in [4.69, 9.17) is 5.26 Å². The van der Waals surface area contributed by atoms with Gasteiger partial charge in [-0.1, -0.05) is 18.2 Å². The van der Waals surface area contributed by atoms with E-state index in [0.29, 0.717) is 0 Å². The number of nitriles is 1. The molecule has 0 aliphatic rings. The van der Waals surface area contributed by atoms with Crippen LogP contribution in [0.2, 0.25) is 0 Å². The Balaban J connectivity index is 1.80. The van der Waals surface area contributed by atoms with E-state index < -0.39 is 0 Å². The van der Waals surface area contributed by atoms with Gasteiger partial charge < -0.3 is 5.32 Å². The molecule has 0 bridgehead atoms. The predicted octanol–water partition coefficient (Wildman–Crippen LogP) is 4.07. The molecule has 0 spiro atoms. The van der Waals surface area contributed by atoms with Crippen LogP contribution in [0.1, 0.15) is 11.1 Å². The van der Waals surface area contributed by atoms with Crippen molar-refractivity contribution in [3.8, 4) is 6.07 Å². The summed E-state index contributed by atoms with van der Waals surface area (Å²) in [5.74, 6) is 1.02. The summed E-state index contributed by atoms with van der Waals surface area (Å²) in [5.41, 5.74) is 2.83. The number of hydrogen-bond acceptors (Lipinski definition) is 3. The van der Waals surface area contributed by atoms with E-state index in [9.17, 15) is 0 Å². The van der Waals surface area contributed by atoms with Crippen molar-refractivity contribution in [1.29, 1.82) is 5.26 Å². The first-order valence-electron chi connectivity index (χ1n) is 6.22. The summed E-state index contributed by atoms with van der Waals surface area (Å²) >= 11 is 1.84. The molecule has 2 aromatic carbocycles. The largest absolute Gasteiger partial charge is 0.384 e. The molecule has 96 valence electrons. The van der Waals surface area contributed by atoms with E-state index in [-0.39, 0.29) is 0 Å². The summed E-state index contributed by atoms with van der Waals surface area (Å²) < 4.78 is 0. The second-order valence-electron chi connectivity index (χ2n) is 4.23. The number of nitrogens with zero attached hydrogens (tertiary/aromatic N) is 1. The zero-order chi connectivity index (χ0) is 13.5. The molecule has 0 saturated carbocycles. The second kappa shape index (κ2) is 6.86. The molecule has 3 heteroatoms. The predicted molar refractivity (Wildman–Crippen MR) is 81.5 cm³/mol. The van der Waals surface area contributed by atoms with Gasteiger partial charge in [0.2, 0.25) is 0 Å². The Morgan fingerprint density at radius 3 is 2.63 bits per heavy atom. The SMILES string of the molecule is Cc1cc(NCCSc2ccccc2)ccc1C#N. The van der Waals surface area contributed by atoms with Gasteiger partial charge in [-0.2, -0.15) is 5.26 Å². The maximum atomic E-state index is 8.88. The number of nitrogens with one attached hydrogen (secondary N) is 1. The van der Waals surface area contributed by atoms with Gasteiger partial charge >= 0.3 is 0 Å². The Labute approximate surface area is 118 Å². The minimum absolute atomic E-state index is 0.740. The van der Waals surface area contributed by atoms with Crippen LogP contribution in [-0.4, -0.2) is 12.3 Å². The highest BCUT2D eigenvalue weighted by atomic mass is 32.2. The van der Waals surface area contributed by atoms with E-state index in [1.54, 1.807) is 0 Å². The molecule has 0 radical (unpaired) electrons. The van der Waals surface area contributed by atoms with Gasteiger partial charge in [-0.25, -0.2) is 0 Å². The fraction of sp³-hybridized carbons (Fsp3) is 0.188. The number of anilines is 1. The number of thioether (sulfide) groups is 1. The highest BCUT2D eigenvalue weighted by Crippen LogP contribution is 2.18. The zero-order valence-corrected chi connectivity index (χ0v) is 11.7. The third kappa shape index (κ3) is 4.04. The van der Waals surface area contributed by atoms with Crippen LogP contribution in [0.3, 0.4) is 0 Å². The second-order valence-corrected chi connectivity index (χ2v) is 5.40. The topological polar surface area (TPSA) is 35.8 Å². The molecule has 0 fully saturated rings. The van der Waals surface area contributed by atoms with Crippen LogP contribution in [0.4, 0.5) is 5.69 Å². The van der Waals surface area contributed by atoms with Crippen LogP contribution >= 0.6 is 11.8 Å². The van der Waals surface area contributed by atoms with Gasteiger partial charge in [0.1, 0.15) is 0 Å². The highest BCUT2D eigenvalue weighted by molar-refractivity contribution is 7.99. The molecular formula is C16H16N2S. The lowest BCUT2D eigenvalue weighted by Gasteiger charge is -2.07. The monoisotopic (exact) mass is 268 g/mol. The molecule has 1 N–H and O–H groups in total. The van der Waals surface area contributed by atoms with Crippen LogP contribution in [0, 0.1) is 18.3 Å². The quantitative estimate of drug-likeness (QED) is 0.656. The maximum absolute atomic E-state index is 8.88. The van der Waals surface area contributed by atoms with Gasteiger partial charge in [0.05, 0.1) is 11.6 Å². The Morgan fingerprint density at radius 2 is 1.95 bits per heavy atom. The molecular weight excluding hydrogens is 252 g/mol. The number of hydrogen-bond donors (Lipinski definition) is 1. The zero-order valence-electron chi connectivity index (χ0n) is 10.9. The molecule has 2 aromatic rings. The molecule has 0 aliphatic heterocycles. The lowest BCUT2D eigenvalue weighted by atomic mass is 10.1. The van der Waals surface area contributed by atoms with Crippen LogP contribution in [0.25, 0.3) is 0 Å². The third-order valence-electron chi connectivity index (χ3n) is 2.79. The molecule has 0 atom stereocenters. The lowest BCUT2D eigenvalue weighted by Crippen LogP contribution is -2.04. The highest BCUT2D eigenvalue weighted by Gasteiger charge is 1.99. The Hall–Kier alpha value is -1.92. The van der Waals surface area contributed by atoms with Crippen molar-refractivity contribution < 1.29 is 0 Å². The summed E-state index contributed by atoms with van der Waals surface area (Å²) in [4.78, 5) is 1.29. The van der Waals surface area contributed by atoms with Gasteiger partial charge in [0.25, 0.3) is 0 Å². The first-order valence-corrected chi connectivity index (χ1v) is 7.20. The van der Waals surface area contributed by atoms with Gasteiger partial charge in [0.15, 0.2) is 0 Å². The molecule has 0 aliphatic carbocycles. The molecule has 0 heterocycles. The molecule has 0 unspecified atom stereocenters. The maximum Gasteiger partial charge on any atom is 0.0994 e. The van der Waals surface area contributed by atoms with Gasteiger partial charge in [-0.3, -0.25) is 0 Å². The van der Waals surface area contributed by atoms with Crippen LogP contribution in [0.5, 0.6) is 0 Å². The van der Waals surface area contributed by atoms with E-state index in [2.05, 4.69) is 35.7 Å². The van der Waals surface area contributed by atoms with Crippen molar-refractivity contribution in [2.24, 2.45) is 0 Å². The van der Waals surface area contributed by atoms with Crippen molar-refractivity contribution in [2.75, 3.05) is 17.6 Å². The normalized spacial score (nSPS) is 9.89. The van der Waals surface area contributed by atoms with E-state index >= 15 is 0 Å².